The van der Waals surface area contributed by atoms with Gasteiger partial charge in [-0.15, -0.1) is 0 Å². The first-order chi connectivity index (χ1) is 7.84. The zero-order chi connectivity index (χ0) is 11.2. The number of carbonyl (C=O) groups excluding carboxylic acids is 1. The van der Waals surface area contributed by atoms with E-state index in [0.29, 0.717) is 6.42 Å². The number of rotatable bonds is 7. The van der Waals surface area contributed by atoms with Crippen LogP contribution in [0.4, 0.5) is 0 Å². The first-order valence-electron chi connectivity index (χ1n) is 6.57. The fourth-order valence-corrected chi connectivity index (χ4v) is 2.12. The number of nitrogens with zero attached hydrogens (tertiary/aromatic N) is 1. The molecular weight excluding hydrogens is 202 g/mol. The van der Waals surface area contributed by atoms with E-state index in [1.54, 1.807) is 0 Å². The Morgan fingerprint density at radius 3 is 2.62 bits per heavy atom. The van der Waals surface area contributed by atoms with Crippen LogP contribution in [0.25, 0.3) is 0 Å². The summed E-state index contributed by atoms with van der Waals surface area (Å²) in [5.74, 6) is 0.199. The van der Waals surface area contributed by atoms with Gasteiger partial charge in [0.1, 0.15) is 0 Å². The second kappa shape index (κ2) is 6.21. The van der Waals surface area contributed by atoms with Gasteiger partial charge >= 0.3 is 0 Å². The van der Waals surface area contributed by atoms with Crippen molar-refractivity contribution in [3.8, 4) is 0 Å². The van der Waals surface area contributed by atoms with E-state index in [-0.39, 0.29) is 5.91 Å². The lowest BCUT2D eigenvalue weighted by molar-refractivity contribution is -0.121. The Morgan fingerprint density at radius 2 is 1.94 bits per heavy atom. The number of amides is 1. The van der Waals surface area contributed by atoms with E-state index in [1.807, 2.05) is 0 Å². The Morgan fingerprint density at radius 1 is 1.19 bits per heavy atom. The van der Waals surface area contributed by atoms with E-state index < -0.39 is 0 Å². The summed E-state index contributed by atoms with van der Waals surface area (Å²) in [6, 6.07) is 0.738. The van der Waals surface area contributed by atoms with Gasteiger partial charge in [-0.3, -0.25) is 4.79 Å². The van der Waals surface area contributed by atoms with Gasteiger partial charge in [-0.1, -0.05) is 0 Å². The number of likely N-dealkylation sites (tertiary alicyclic amines) is 1. The van der Waals surface area contributed by atoms with Gasteiger partial charge in [-0.2, -0.15) is 0 Å². The van der Waals surface area contributed by atoms with Crippen molar-refractivity contribution in [3.63, 3.8) is 0 Å². The summed E-state index contributed by atoms with van der Waals surface area (Å²) in [7, 11) is 0. The average Bonchev–Trinajstić information content (AvgIpc) is 2.96. The summed E-state index contributed by atoms with van der Waals surface area (Å²) < 4.78 is 0. The monoisotopic (exact) mass is 225 g/mol. The highest BCUT2D eigenvalue weighted by Crippen LogP contribution is 2.17. The average molecular weight is 225 g/mol. The van der Waals surface area contributed by atoms with E-state index in [1.165, 1.54) is 38.8 Å². The lowest BCUT2D eigenvalue weighted by Gasteiger charge is -2.13. The van der Waals surface area contributed by atoms with Crippen LogP contribution in [0.1, 0.15) is 32.1 Å². The van der Waals surface area contributed by atoms with Gasteiger partial charge in [-0.25, -0.2) is 0 Å². The molecule has 0 aromatic heterocycles. The minimum Gasteiger partial charge on any atom is -0.355 e. The second-order valence-corrected chi connectivity index (χ2v) is 4.88. The molecule has 0 radical (unpaired) electrons. The van der Waals surface area contributed by atoms with Crippen molar-refractivity contribution in [2.45, 2.75) is 38.1 Å². The molecule has 4 heteroatoms. The van der Waals surface area contributed by atoms with E-state index in [0.717, 1.165) is 25.7 Å². The van der Waals surface area contributed by atoms with Gasteiger partial charge in [0.25, 0.3) is 0 Å². The Bertz CT molecular complexity index is 222. The van der Waals surface area contributed by atoms with Crippen molar-refractivity contribution in [2.24, 2.45) is 0 Å². The smallest absolute Gasteiger partial charge is 0.221 e. The molecule has 0 atom stereocenters. The molecule has 16 heavy (non-hydrogen) atoms. The number of carbonyl (C=O) groups is 1. The zero-order valence-electron chi connectivity index (χ0n) is 10.0. The van der Waals surface area contributed by atoms with Crippen LogP contribution in [0.3, 0.4) is 0 Å². The maximum Gasteiger partial charge on any atom is 0.221 e. The third-order valence-corrected chi connectivity index (χ3v) is 3.31. The van der Waals surface area contributed by atoms with Crippen LogP contribution in [0, 0.1) is 0 Å². The summed E-state index contributed by atoms with van der Waals surface area (Å²) in [5.41, 5.74) is 0. The summed E-state index contributed by atoms with van der Waals surface area (Å²) in [6.07, 6.45) is 5.87. The minimum absolute atomic E-state index is 0.199. The second-order valence-electron chi connectivity index (χ2n) is 4.88. The van der Waals surface area contributed by atoms with Gasteiger partial charge in [0.05, 0.1) is 0 Å². The van der Waals surface area contributed by atoms with E-state index in [2.05, 4.69) is 15.5 Å². The molecule has 2 N–H and O–H groups in total. The van der Waals surface area contributed by atoms with Gasteiger partial charge < -0.3 is 15.5 Å². The van der Waals surface area contributed by atoms with Crippen LogP contribution in [-0.2, 0) is 4.79 Å². The molecule has 0 aromatic rings. The van der Waals surface area contributed by atoms with Crippen LogP contribution >= 0.6 is 0 Å². The van der Waals surface area contributed by atoms with Crippen LogP contribution in [-0.4, -0.2) is 49.6 Å². The molecule has 1 saturated carbocycles. The van der Waals surface area contributed by atoms with Crippen molar-refractivity contribution >= 4 is 5.91 Å². The third-order valence-electron chi connectivity index (χ3n) is 3.31. The first-order valence-corrected chi connectivity index (χ1v) is 6.57. The molecule has 4 nitrogen and oxygen atoms in total. The van der Waals surface area contributed by atoms with Gasteiger partial charge in [-0.05, 0) is 38.8 Å². The zero-order valence-corrected chi connectivity index (χ0v) is 10.0. The molecule has 1 aliphatic heterocycles. The summed E-state index contributed by atoms with van der Waals surface area (Å²) in [5, 5.41) is 6.35. The van der Waals surface area contributed by atoms with E-state index in [9.17, 15) is 4.79 Å². The molecule has 2 aliphatic rings. The molecule has 0 spiro atoms. The van der Waals surface area contributed by atoms with Crippen molar-refractivity contribution in [2.75, 3.05) is 32.7 Å². The molecule has 1 aliphatic carbocycles. The maximum absolute atomic E-state index is 11.5. The molecular formula is C12H23N3O. The van der Waals surface area contributed by atoms with Crippen molar-refractivity contribution in [1.82, 2.24) is 15.5 Å². The molecule has 1 amide bonds. The summed E-state index contributed by atoms with van der Waals surface area (Å²) in [6.45, 7) is 4.98. The van der Waals surface area contributed by atoms with Gasteiger partial charge in [0.2, 0.25) is 5.91 Å². The lowest BCUT2D eigenvalue weighted by Crippen LogP contribution is -2.34. The summed E-state index contributed by atoms with van der Waals surface area (Å²) >= 11 is 0. The summed E-state index contributed by atoms with van der Waals surface area (Å²) in [4.78, 5) is 13.9. The Balaban J connectivity index is 1.43. The molecule has 92 valence electrons. The standard InChI is InChI=1S/C12H23N3O/c16-12(5-10-15-8-1-2-9-15)14-7-6-13-11-3-4-11/h11,13H,1-10H2,(H,14,16). The predicted octanol–water partition coefficient (Wildman–Crippen LogP) is 0.341. The number of hydrogen-bond donors (Lipinski definition) is 2. The van der Waals surface area contributed by atoms with Crippen molar-refractivity contribution < 1.29 is 4.79 Å². The topological polar surface area (TPSA) is 44.4 Å². The molecule has 1 saturated heterocycles. The van der Waals surface area contributed by atoms with Crippen LogP contribution in [0.15, 0.2) is 0 Å². The number of nitrogens with one attached hydrogen (secondary N) is 2. The molecule has 0 bridgehead atoms. The lowest BCUT2D eigenvalue weighted by atomic mass is 10.3. The SMILES string of the molecule is O=C(CCN1CCCC1)NCCNC1CC1. The van der Waals surface area contributed by atoms with Crippen molar-refractivity contribution in [3.05, 3.63) is 0 Å². The van der Waals surface area contributed by atoms with E-state index >= 15 is 0 Å². The fourth-order valence-electron chi connectivity index (χ4n) is 2.12. The minimum atomic E-state index is 0.199. The third kappa shape index (κ3) is 4.49. The van der Waals surface area contributed by atoms with Crippen LogP contribution in [0.5, 0.6) is 0 Å². The Labute approximate surface area is 97.8 Å². The van der Waals surface area contributed by atoms with Crippen LogP contribution < -0.4 is 10.6 Å². The number of hydrogen-bond acceptors (Lipinski definition) is 3. The van der Waals surface area contributed by atoms with Crippen molar-refractivity contribution in [1.29, 1.82) is 0 Å². The highest BCUT2D eigenvalue weighted by molar-refractivity contribution is 5.76. The predicted molar refractivity (Wildman–Crippen MR) is 64.3 cm³/mol. The van der Waals surface area contributed by atoms with Gasteiger partial charge in [0, 0.05) is 32.1 Å². The molecule has 0 unspecified atom stereocenters. The van der Waals surface area contributed by atoms with E-state index in [4.69, 9.17) is 0 Å². The molecule has 2 fully saturated rings. The normalized spacial score (nSPS) is 21.2. The Kier molecular flexibility index (Phi) is 4.60. The fraction of sp³-hybridized carbons (Fsp3) is 0.917. The van der Waals surface area contributed by atoms with Crippen LogP contribution in [0.2, 0.25) is 0 Å². The first kappa shape index (κ1) is 11.9. The molecule has 1 heterocycles. The molecule has 0 aromatic carbocycles. The molecule has 2 rings (SSSR count). The highest BCUT2D eigenvalue weighted by atomic mass is 16.1. The Hall–Kier alpha value is -0.610. The highest BCUT2D eigenvalue weighted by Gasteiger charge is 2.19. The quantitative estimate of drug-likeness (QED) is 0.614. The van der Waals surface area contributed by atoms with Gasteiger partial charge in [0.15, 0.2) is 0 Å². The maximum atomic E-state index is 11.5. The largest absolute Gasteiger partial charge is 0.355 e.